The fraction of sp³-hybridized carbons (Fsp3) is 0.500. The second-order valence-corrected chi connectivity index (χ2v) is 5.81. The van der Waals surface area contributed by atoms with Crippen LogP contribution in [0.1, 0.15) is 37.0 Å². The van der Waals surface area contributed by atoms with Crippen molar-refractivity contribution in [2.45, 2.75) is 26.7 Å². The van der Waals surface area contributed by atoms with Gasteiger partial charge in [-0.15, -0.1) is 0 Å². The summed E-state index contributed by atoms with van der Waals surface area (Å²) in [6.07, 6.45) is 1.59. The Morgan fingerprint density at radius 1 is 1.09 bits per heavy atom. The Bertz CT molecular complexity index is 561. The van der Waals surface area contributed by atoms with Crippen molar-refractivity contribution in [2.75, 3.05) is 20.2 Å². The zero-order valence-electron chi connectivity index (χ0n) is 13.5. The van der Waals surface area contributed by atoms with Crippen LogP contribution in [0.25, 0.3) is 0 Å². The van der Waals surface area contributed by atoms with Crippen LogP contribution in [0.4, 0.5) is 0 Å². The number of carbonyl (C=O) groups excluding carboxylic acids is 2. The number of amides is 2. The van der Waals surface area contributed by atoms with E-state index in [-0.39, 0.29) is 34.7 Å². The highest BCUT2D eigenvalue weighted by Gasteiger charge is 2.19. The number of nitrogens with one attached hydrogen (secondary N) is 2. The summed E-state index contributed by atoms with van der Waals surface area (Å²) in [6, 6.07) is 3.10. The van der Waals surface area contributed by atoms with Crippen LogP contribution in [0.5, 0.6) is 5.75 Å². The van der Waals surface area contributed by atoms with Crippen molar-refractivity contribution in [3.8, 4) is 5.75 Å². The molecule has 0 saturated carbocycles. The summed E-state index contributed by atoms with van der Waals surface area (Å²) in [5, 5.41) is 6.06. The van der Waals surface area contributed by atoms with Crippen molar-refractivity contribution in [2.24, 2.45) is 5.92 Å². The molecule has 0 aliphatic rings. The van der Waals surface area contributed by atoms with E-state index in [9.17, 15) is 9.59 Å². The van der Waals surface area contributed by atoms with Crippen LogP contribution < -0.4 is 15.4 Å². The lowest BCUT2D eigenvalue weighted by molar-refractivity contribution is -0.125. The molecule has 2 amide bonds. The van der Waals surface area contributed by atoms with Gasteiger partial charge in [0.2, 0.25) is 5.91 Å². The Morgan fingerprint density at radius 2 is 1.65 bits per heavy atom. The summed E-state index contributed by atoms with van der Waals surface area (Å²) in [4.78, 5) is 24.1. The van der Waals surface area contributed by atoms with E-state index in [1.165, 1.54) is 13.2 Å². The largest absolute Gasteiger partial charge is 0.494 e. The first kappa shape index (κ1) is 19.6. The van der Waals surface area contributed by atoms with E-state index in [1.807, 2.05) is 13.8 Å². The molecule has 0 bridgehead atoms. The van der Waals surface area contributed by atoms with Gasteiger partial charge in [-0.1, -0.05) is 37.0 Å². The molecule has 0 unspecified atom stereocenters. The van der Waals surface area contributed by atoms with Gasteiger partial charge in [0.25, 0.3) is 5.91 Å². The van der Waals surface area contributed by atoms with Gasteiger partial charge in [0.15, 0.2) is 5.75 Å². The van der Waals surface area contributed by atoms with Crippen molar-refractivity contribution in [3.05, 3.63) is 27.7 Å². The predicted octanol–water partition coefficient (Wildman–Crippen LogP) is 3.28. The zero-order chi connectivity index (χ0) is 17.4. The monoisotopic (exact) mass is 360 g/mol. The van der Waals surface area contributed by atoms with Crippen LogP contribution >= 0.6 is 23.2 Å². The molecule has 0 saturated heterocycles. The molecule has 2 N–H and O–H groups in total. The minimum atomic E-state index is -0.397. The minimum Gasteiger partial charge on any atom is -0.494 e. The zero-order valence-corrected chi connectivity index (χ0v) is 15.1. The van der Waals surface area contributed by atoms with Gasteiger partial charge in [-0.05, 0) is 25.0 Å². The second-order valence-electron chi connectivity index (χ2n) is 5.00. The van der Waals surface area contributed by atoms with Crippen molar-refractivity contribution in [1.82, 2.24) is 10.6 Å². The van der Waals surface area contributed by atoms with Crippen molar-refractivity contribution in [1.29, 1.82) is 0 Å². The molecule has 0 aromatic heterocycles. The maximum atomic E-state index is 12.2. The first-order valence-corrected chi connectivity index (χ1v) is 8.29. The molecule has 0 heterocycles. The number of ether oxygens (including phenoxy) is 1. The van der Waals surface area contributed by atoms with Gasteiger partial charge in [-0.2, -0.15) is 0 Å². The number of hydrogen-bond donors (Lipinski definition) is 2. The third-order valence-electron chi connectivity index (χ3n) is 3.56. The Balaban J connectivity index is 2.59. The van der Waals surface area contributed by atoms with Gasteiger partial charge >= 0.3 is 0 Å². The number of benzene rings is 1. The Hall–Kier alpha value is -1.46. The number of halogens is 2. The summed E-state index contributed by atoms with van der Waals surface area (Å²) in [5.74, 6) is -0.153. The maximum absolute atomic E-state index is 12.2. The molecule has 128 valence electrons. The lowest BCUT2D eigenvalue weighted by atomic mass is 10.0. The first-order chi connectivity index (χ1) is 11.0. The Kier molecular flexibility index (Phi) is 8.20. The molecule has 0 spiro atoms. The average molecular weight is 361 g/mol. The summed E-state index contributed by atoms with van der Waals surface area (Å²) < 4.78 is 5.14. The summed E-state index contributed by atoms with van der Waals surface area (Å²) in [7, 11) is 1.42. The normalized spacial score (nSPS) is 10.5. The summed E-state index contributed by atoms with van der Waals surface area (Å²) >= 11 is 12.0. The van der Waals surface area contributed by atoms with E-state index in [1.54, 1.807) is 6.07 Å². The number of methoxy groups -OCH3 is 1. The molecule has 0 aliphatic carbocycles. The van der Waals surface area contributed by atoms with Crippen LogP contribution in [-0.2, 0) is 4.79 Å². The van der Waals surface area contributed by atoms with E-state index >= 15 is 0 Å². The van der Waals surface area contributed by atoms with Gasteiger partial charge in [-0.25, -0.2) is 0 Å². The highest BCUT2D eigenvalue weighted by molar-refractivity contribution is 6.37. The molecule has 7 heteroatoms. The van der Waals surface area contributed by atoms with E-state index in [4.69, 9.17) is 27.9 Å². The van der Waals surface area contributed by atoms with Gasteiger partial charge in [0, 0.05) is 19.0 Å². The molecule has 1 rings (SSSR count). The van der Waals surface area contributed by atoms with Crippen molar-refractivity contribution < 1.29 is 14.3 Å². The smallest absolute Gasteiger partial charge is 0.256 e. The first-order valence-electron chi connectivity index (χ1n) is 7.54. The highest BCUT2D eigenvalue weighted by atomic mass is 35.5. The van der Waals surface area contributed by atoms with Crippen molar-refractivity contribution >= 4 is 35.0 Å². The summed E-state index contributed by atoms with van der Waals surface area (Å²) in [6.45, 7) is 4.59. The second kappa shape index (κ2) is 9.63. The van der Waals surface area contributed by atoms with Crippen molar-refractivity contribution in [3.63, 3.8) is 0 Å². The fourth-order valence-corrected chi connectivity index (χ4v) is 2.67. The molecule has 0 radical (unpaired) electrons. The fourth-order valence-electron chi connectivity index (χ4n) is 2.20. The minimum absolute atomic E-state index is 0.00242. The quantitative estimate of drug-likeness (QED) is 0.699. The van der Waals surface area contributed by atoms with Gasteiger partial charge in [0.1, 0.15) is 5.56 Å². The van der Waals surface area contributed by atoms with Gasteiger partial charge < -0.3 is 15.4 Å². The Morgan fingerprint density at radius 3 is 2.22 bits per heavy atom. The van der Waals surface area contributed by atoms with Crippen LogP contribution in [-0.4, -0.2) is 32.0 Å². The number of rotatable bonds is 8. The van der Waals surface area contributed by atoms with Gasteiger partial charge in [0.05, 0.1) is 17.2 Å². The van der Waals surface area contributed by atoms with Crippen LogP contribution in [0.3, 0.4) is 0 Å². The standard InChI is InChI=1S/C16H22Cl2N2O3/c1-4-10(5-2)15(21)19-8-9-20-16(22)13-11(17)6-7-12(18)14(13)23-3/h6-7,10H,4-5,8-9H2,1-3H3,(H,19,21)(H,20,22). The van der Waals surface area contributed by atoms with E-state index in [0.717, 1.165) is 12.8 Å². The topological polar surface area (TPSA) is 67.4 Å². The highest BCUT2D eigenvalue weighted by Crippen LogP contribution is 2.33. The van der Waals surface area contributed by atoms with Crippen LogP contribution in [0.2, 0.25) is 10.0 Å². The third kappa shape index (κ3) is 5.29. The molecule has 0 atom stereocenters. The predicted molar refractivity (Wildman–Crippen MR) is 92.4 cm³/mol. The van der Waals surface area contributed by atoms with E-state index in [2.05, 4.69) is 10.6 Å². The van der Waals surface area contributed by atoms with E-state index in [0.29, 0.717) is 11.6 Å². The third-order valence-corrected chi connectivity index (χ3v) is 4.17. The Labute approximate surface area is 146 Å². The SMILES string of the molecule is CCC(CC)C(=O)NCCNC(=O)c1c(Cl)ccc(Cl)c1OC. The average Bonchev–Trinajstić information content (AvgIpc) is 2.54. The molecular weight excluding hydrogens is 339 g/mol. The molecule has 23 heavy (non-hydrogen) atoms. The molecule has 1 aromatic rings. The maximum Gasteiger partial charge on any atom is 0.256 e. The van der Waals surface area contributed by atoms with Crippen LogP contribution in [0.15, 0.2) is 12.1 Å². The molecule has 0 aliphatic heterocycles. The lowest BCUT2D eigenvalue weighted by Gasteiger charge is -2.14. The van der Waals surface area contributed by atoms with Crippen LogP contribution in [0, 0.1) is 5.92 Å². The molecule has 1 aromatic carbocycles. The summed E-state index contributed by atoms with van der Waals surface area (Å²) in [5.41, 5.74) is 0.188. The molecular formula is C16H22Cl2N2O3. The van der Waals surface area contributed by atoms with E-state index < -0.39 is 5.91 Å². The number of hydrogen-bond acceptors (Lipinski definition) is 3. The molecule has 0 fully saturated rings. The van der Waals surface area contributed by atoms with Gasteiger partial charge in [-0.3, -0.25) is 9.59 Å². The molecule has 5 nitrogen and oxygen atoms in total. The number of carbonyl (C=O) groups is 2. The lowest BCUT2D eigenvalue weighted by Crippen LogP contribution is -2.37.